The quantitative estimate of drug-likeness (QED) is 0.156. The highest BCUT2D eigenvalue weighted by Crippen LogP contribution is 2.39. The average molecular weight is 926 g/mol. The van der Waals surface area contributed by atoms with Crippen molar-refractivity contribution in [2.24, 2.45) is 0 Å². The van der Waals surface area contributed by atoms with Crippen LogP contribution in [0.4, 0.5) is 17.1 Å². The predicted octanol–water partition coefficient (Wildman–Crippen LogP) is -25.2. The van der Waals surface area contributed by atoms with Gasteiger partial charge < -0.3 is 9.32 Å². The zero-order valence-corrected chi connectivity index (χ0v) is 48.4. The second kappa shape index (κ2) is 18.6. The fourth-order valence-electron chi connectivity index (χ4n) is 13.4. The second-order valence-electron chi connectivity index (χ2n) is 22.3. The summed E-state index contributed by atoms with van der Waals surface area (Å²) < 4.78 is 7.36. The van der Waals surface area contributed by atoms with E-state index in [2.05, 4.69) is 232 Å². The standard InChI is InChI=1S/C48H53B22N3O/c49-20-14(22(51)23(52)17-15(20)24(53)36(65)44(26(17)55)73(45-37(66)31(60)29(58)32(61)38(45)67)46-39(68)33(62)30(59)34(63)40(46)69)16-21(50)18(13-19-25(54)28(57)35(64)41(70)48(19)74-47(13)27(16)56)43-42(10-6-2-1-3-7-10)71-11-8-4-5-9-12(11)72-43/h1-9H,49-70H2. The number of fused-ring (bicyclic) bond motifs is 5. The Bertz CT molecular complexity index is 4060. The molecular weight excluding hydrogens is 872 g/mol. The van der Waals surface area contributed by atoms with E-state index in [1.807, 2.05) is 0 Å². The number of furan rings is 1. The molecule has 10 aromatic rings. The molecule has 0 aliphatic rings. The van der Waals surface area contributed by atoms with Crippen LogP contribution in [0.1, 0.15) is 0 Å². The van der Waals surface area contributed by atoms with Crippen LogP contribution in [0.15, 0.2) is 59.0 Å². The van der Waals surface area contributed by atoms with Gasteiger partial charge in [0.15, 0.2) is 0 Å². The molecule has 332 valence electrons. The summed E-state index contributed by atoms with van der Waals surface area (Å²) >= 11 is 0. The first-order chi connectivity index (χ1) is 35.0. The predicted molar refractivity (Wildman–Crippen MR) is 395 cm³/mol. The van der Waals surface area contributed by atoms with Gasteiger partial charge in [-0.05, 0) is 39.5 Å². The van der Waals surface area contributed by atoms with E-state index in [9.17, 15) is 0 Å². The lowest BCUT2D eigenvalue weighted by Gasteiger charge is -2.39. The number of aromatic nitrogens is 2. The van der Waals surface area contributed by atoms with E-state index in [0.717, 1.165) is 55.6 Å². The van der Waals surface area contributed by atoms with Crippen molar-refractivity contribution in [3.05, 3.63) is 54.6 Å². The van der Waals surface area contributed by atoms with Gasteiger partial charge in [-0.1, -0.05) is 141 Å². The van der Waals surface area contributed by atoms with Gasteiger partial charge in [0.05, 0.1) is 22.4 Å². The maximum Gasteiger partial charge on any atom is 0.145 e. The van der Waals surface area contributed by atoms with Crippen molar-refractivity contribution in [1.82, 2.24) is 9.97 Å². The van der Waals surface area contributed by atoms with Crippen molar-refractivity contribution in [3.63, 3.8) is 0 Å². The maximum atomic E-state index is 7.36. The van der Waals surface area contributed by atoms with E-state index in [4.69, 9.17) is 14.4 Å². The normalized spacial score (nSPS) is 11.6. The van der Waals surface area contributed by atoms with Gasteiger partial charge in [-0.3, -0.25) is 0 Å². The van der Waals surface area contributed by atoms with Crippen LogP contribution in [0, 0.1) is 0 Å². The van der Waals surface area contributed by atoms with Gasteiger partial charge in [0.2, 0.25) is 0 Å². The van der Waals surface area contributed by atoms with E-state index < -0.39 is 0 Å². The topological polar surface area (TPSA) is 42.2 Å². The maximum absolute atomic E-state index is 7.36. The molecule has 0 saturated heterocycles. The molecule has 26 heteroatoms. The molecule has 0 aliphatic heterocycles. The number of hydrogen-bond acceptors (Lipinski definition) is 4. The fraction of sp³-hybridized carbons (Fsp3) is 0. The number of para-hydroxylation sites is 2. The minimum Gasteiger partial charge on any atom is -0.457 e. The molecule has 2 heterocycles. The minimum absolute atomic E-state index is 0.868. The number of hydrogen-bond donors (Lipinski definition) is 0. The first-order valence-electron chi connectivity index (χ1n) is 26.7. The van der Waals surface area contributed by atoms with Gasteiger partial charge in [-0.2, -0.15) is 0 Å². The van der Waals surface area contributed by atoms with Crippen molar-refractivity contribution in [2.45, 2.75) is 0 Å². The summed E-state index contributed by atoms with van der Waals surface area (Å²) in [6.07, 6.45) is 0. The van der Waals surface area contributed by atoms with Crippen LogP contribution >= 0.6 is 0 Å². The van der Waals surface area contributed by atoms with Crippen LogP contribution < -0.4 is 125 Å². The van der Waals surface area contributed by atoms with Crippen molar-refractivity contribution in [3.8, 4) is 33.6 Å². The third-order valence-corrected chi connectivity index (χ3v) is 19.1. The van der Waals surface area contributed by atoms with E-state index in [1.165, 1.54) is 159 Å². The molecular formula is C48H53B22N3O. The monoisotopic (exact) mass is 930 g/mol. The molecule has 0 atom stereocenters. The molecule has 2 aromatic heterocycles. The molecule has 0 spiro atoms. The Morgan fingerprint density at radius 1 is 0.270 bits per heavy atom. The van der Waals surface area contributed by atoms with E-state index in [-0.39, 0.29) is 0 Å². The highest BCUT2D eigenvalue weighted by molar-refractivity contribution is 6.74. The van der Waals surface area contributed by atoms with Crippen LogP contribution in [0.2, 0.25) is 0 Å². The van der Waals surface area contributed by atoms with Gasteiger partial charge in [0, 0.05) is 39.0 Å². The van der Waals surface area contributed by atoms with Crippen LogP contribution in [0.25, 0.3) is 77.4 Å². The van der Waals surface area contributed by atoms with Gasteiger partial charge in [0.1, 0.15) is 184 Å². The summed E-state index contributed by atoms with van der Waals surface area (Å²) in [6.45, 7) is 0. The van der Waals surface area contributed by atoms with E-state index in [0.29, 0.717) is 0 Å². The molecule has 0 saturated carbocycles. The average Bonchev–Trinajstić information content (AvgIpc) is 3.82. The van der Waals surface area contributed by atoms with Crippen molar-refractivity contribution in [2.75, 3.05) is 4.90 Å². The Morgan fingerprint density at radius 2 is 0.635 bits per heavy atom. The summed E-state index contributed by atoms with van der Waals surface area (Å²) in [6, 6.07) is 18.9. The molecule has 0 unspecified atom stereocenters. The Labute approximate surface area is 458 Å². The molecule has 0 amide bonds. The molecule has 0 bridgehead atoms. The van der Waals surface area contributed by atoms with Gasteiger partial charge in [0.25, 0.3) is 0 Å². The SMILES string of the molecule is Bc1c(B)c(B)c(N(c2c(B)c(B)c(B)c(B)c2B)c2c(B)c(B)c3c(B)c(-c4c(B)c(-c5nc6ccccc6nc5-c5ccccc5)c5c(oc6c(B)c(B)c(B)c(B)c65)c4B)c(B)c(B)c3c2B)c(B)c1B. The van der Waals surface area contributed by atoms with Crippen molar-refractivity contribution >= 4 is 354 Å². The molecule has 0 N–H and O–H groups in total. The third kappa shape index (κ3) is 7.29. The molecule has 0 radical (unpaired) electrons. The smallest absolute Gasteiger partial charge is 0.145 e. The van der Waals surface area contributed by atoms with Crippen molar-refractivity contribution < 1.29 is 4.42 Å². The largest absolute Gasteiger partial charge is 0.457 e. The number of rotatable bonds is 6. The van der Waals surface area contributed by atoms with E-state index in [1.54, 1.807) is 0 Å². The van der Waals surface area contributed by atoms with Crippen molar-refractivity contribution in [1.29, 1.82) is 0 Å². The van der Waals surface area contributed by atoms with Crippen LogP contribution in [0.5, 0.6) is 0 Å². The second-order valence-corrected chi connectivity index (χ2v) is 22.3. The van der Waals surface area contributed by atoms with Crippen LogP contribution in [-0.4, -0.2) is 183 Å². The Kier molecular flexibility index (Phi) is 13.0. The first-order valence-corrected chi connectivity index (χ1v) is 26.7. The zero-order chi connectivity index (χ0) is 53.6. The minimum atomic E-state index is 0.868. The molecule has 8 aromatic carbocycles. The molecule has 4 nitrogen and oxygen atoms in total. The highest BCUT2D eigenvalue weighted by atomic mass is 16.3. The summed E-state index contributed by atoms with van der Waals surface area (Å²) in [4.78, 5) is 13.8. The lowest BCUT2D eigenvalue weighted by Crippen LogP contribution is -2.60. The lowest BCUT2D eigenvalue weighted by molar-refractivity contribution is 0.675. The first kappa shape index (κ1) is 51.9. The Balaban J connectivity index is 1.37. The lowest BCUT2D eigenvalue weighted by atomic mass is 9.58. The van der Waals surface area contributed by atoms with Crippen LogP contribution in [-0.2, 0) is 0 Å². The van der Waals surface area contributed by atoms with E-state index >= 15 is 0 Å². The molecule has 0 aliphatic carbocycles. The van der Waals surface area contributed by atoms with Gasteiger partial charge >= 0.3 is 0 Å². The zero-order valence-electron chi connectivity index (χ0n) is 48.4. The van der Waals surface area contributed by atoms with Gasteiger partial charge in [-0.15, -0.1) is 16.4 Å². The summed E-state index contributed by atoms with van der Waals surface area (Å²) in [5, 5.41) is 4.94. The molecule has 74 heavy (non-hydrogen) atoms. The highest BCUT2D eigenvalue weighted by Gasteiger charge is 2.32. The third-order valence-electron chi connectivity index (χ3n) is 19.1. The fourth-order valence-corrected chi connectivity index (χ4v) is 13.4. The summed E-state index contributed by atoms with van der Waals surface area (Å²) in [5.74, 6) is 0. The number of benzene rings is 8. The number of anilines is 3. The van der Waals surface area contributed by atoms with Gasteiger partial charge in [-0.25, -0.2) is 9.97 Å². The number of nitrogens with zero attached hydrogens (tertiary/aromatic N) is 3. The summed E-state index contributed by atoms with van der Waals surface area (Å²) in [7, 11) is 51.1. The molecule has 10 rings (SSSR count). The Morgan fingerprint density at radius 3 is 1.16 bits per heavy atom. The Hall–Kier alpha value is -5.61. The van der Waals surface area contributed by atoms with Crippen LogP contribution in [0.3, 0.4) is 0 Å². The summed E-state index contributed by atoms with van der Waals surface area (Å²) in [5.41, 5.74) is 42.4. The molecule has 0 fully saturated rings.